The Morgan fingerprint density at radius 2 is 1.62 bits per heavy atom. The van der Waals surface area contributed by atoms with Gasteiger partial charge in [-0.2, -0.15) is 9.97 Å². The van der Waals surface area contributed by atoms with Crippen molar-refractivity contribution in [3.63, 3.8) is 0 Å². The smallest absolute Gasteiger partial charge is 0.229 e. The predicted octanol–water partition coefficient (Wildman–Crippen LogP) is 1.70. The van der Waals surface area contributed by atoms with Crippen LogP contribution in [0.25, 0.3) is 0 Å². The molecule has 0 atom stereocenters. The molecule has 0 saturated carbocycles. The number of anilines is 1. The standard InChI is InChI=1S/C15H20N4O2/c1-20-13-10-14(21-2)19-15(18-13)17-9-8-16-11-12-6-4-3-5-7-12/h3-7,10,16H,8-9,11H2,1-2H3,(H,17,18,19). The van der Waals surface area contributed by atoms with Crippen LogP contribution in [0.1, 0.15) is 5.56 Å². The molecule has 0 saturated heterocycles. The zero-order valence-electron chi connectivity index (χ0n) is 12.3. The van der Waals surface area contributed by atoms with Crippen molar-refractivity contribution in [2.45, 2.75) is 6.54 Å². The fourth-order valence-electron chi connectivity index (χ4n) is 1.78. The lowest BCUT2D eigenvalue weighted by Crippen LogP contribution is -2.22. The summed E-state index contributed by atoms with van der Waals surface area (Å²) in [7, 11) is 3.12. The number of hydrogen-bond acceptors (Lipinski definition) is 6. The highest BCUT2D eigenvalue weighted by Gasteiger charge is 2.04. The van der Waals surface area contributed by atoms with E-state index in [2.05, 4.69) is 32.7 Å². The predicted molar refractivity (Wildman–Crippen MR) is 81.8 cm³/mol. The average Bonchev–Trinajstić information content (AvgIpc) is 2.55. The van der Waals surface area contributed by atoms with E-state index in [9.17, 15) is 0 Å². The number of rotatable bonds is 8. The third-order valence-corrected chi connectivity index (χ3v) is 2.85. The van der Waals surface area contributed by atoms with Crippen LogP contribution >= 0.6 is 0 Å². The van der Waals surface area contributed by atoms with Crippen molar-refractivity contribution >= 4 is 5.95 Å². The van der Waals surface area contributed by atoms with Crippen molar-refractivity contribution in [1.29, 1.82) is 0 Å². The van der Waals surface area contributed by atoms with Gasteiger partial charge in [-0.25, -0.2) is 0 Å². The number of hydrogen-bond donors (Lipinski definition) is 2. The number of aromatic nitrogens is 2. The van der Waals surface area contributed by atoms with Gasteiger partial charge in [-0.1, -0.05) is 30.3 Å². The first-order chi connectivity index (χ1) is 10.3. The molecule has 0 aliphatic rings. The molecule has 0 bridgehead atoms. The molecule has 0 unspecified atom stereocenters. The van der Waals surface area contributed by atoms with Crippen LogP contribution in [0.2, 0.25) is 0 Å². The molecule has 0 fully saturated rings. The quantitative estimate of drug-likeness (QED) is 0.721. The number of methoxy groups -OCH3 is 2. The largest absolute Gasteiger partial charge is 0.481 e. The van der Waals surface area contributed by atoms with Gasteiger partial charge in [0.25, 0.3) is 0 Å². The van der Waals surface area contributed by atoms with Crippen LogP contribution in [0.4, 0.5) is 5.95 Å². The maximum absolute atomic E-state index is 5.10. The van der Waals surface area contributed by atoms with Crippen LogP contribution in [-0.4, -0.2) is 37.3 Å². The van der Waals surface area contributed by atoms with E-state index in [1.54, 1.807) is 20.3 Å². The van der Waals surface area contributed by atoms with Crippen molar-refractivity contribution in [3.05, 3.63) is 42.0 Å². The molecule has 21 heavy (non-hydrogen) atoms. The van der Waals surface area contributed by atoms with Gasteiger partial charge < -0.3 is 20.1 Å². The minimum Gasteiger partial charge on any atom is -0.481 e. The number of nitrogens with zero attached hydrogens (tertiary/aromatic N) is 2. The third kappa shape index (κ3) is 4.92. The van der Waals surface area contributed by atoms with Crippen LogP contribution < -0.4 is 20.1 Å². The van der Waals surface area contributed by atoms with Crippen LogP contribution in [0.15, 0.2) is 36.4 Å². The Kier molecular flexibility index (Phi) is 5.78. The van der Waals surface area contributed by atoms with Gasteiger partial charge in [-0.3, -0.25) is 0 Å². The summed E-state index contributed by atoms with van der Waals surface area (Å²) in [6.07, 6.45) is 0. The second-order valence-electron chi connectivity index (χ2n) is 4.37. The first kappa shape index (κ1) is 15.1. The second-order valence-corrected chi connectivity index (χ2v) is 4.37. The number of benzene rings is 1. The van der Waals surface area contributed by atoms with Gasteiger partial charge >= 0.3 is 0 Å². The minimum atomic E-state index is 0.474. The van der Waals surface area contributed by atoms with E-state index in [1.165, 1.54) is 5.56 Å². The Labute approximate surface area is 124 Å². The maximum atomic E-state index is 5.10. The van der Waals surface area contributed by atoms with Gasteiger partial charge in [0.2, 0.25) is 17.7 Å². The van der Waals surface area contributed by atoms with Crippen molar-refractivity contribution in [1.82, 2.24) is 15.3 Å². The molecule has 0 amide bonds. The normalized spacial score (nSPS) is 10.2. The number of ether oxygens (including phenoxy) is 2. The van der Waals surface area contributed by atoms with Crippen LogP contribution in [-0.2, 0) is 6.54 Å². The summed E-state index contributed by atoms with van der Waals surface area (Å²) in [4.78, 5) is 8.41. The Morgan fingerprint density at radius 1 is 0.952 bits per heavy atom. The first-order valence-electron chi connectivity index (χ1n) is 6.77. The lowest BCUT2D eigenvalue weighted by Gasteiger charge is -2.09. The summed E-state index contributed by atoms with van der Waals surface area (Å²) in [6.45, 7) is 2.35. The van der Waals surface area contributed by atoms with E-state index < -0.39 is 0 Å². The van der Waals surface area contributed by atoms with Crippen LogP contribution in [0, 0.1) is 0 Å². The summed E-state index contributed by atoms with van der Waals surface area (Å²) < 4.78 is 10.2. The molecule has 2 aromatic rings. The highest BCUT2D eigenvalue weighted by molar-refractivity contribution is 5.33. The molecule has 1 aromatic heterocycles. The molecule has 0 aliphatic heterocycles. The summed E-state index contributed by atoms with van der Waals surface area (Å²) in [5, 5.41) is 6.48. The lowest BCUT2D eigenvalue weighted by molar-refractivity contribution is 0.373. The molecule has 6 nitrogen and oxygen atoms in total. The first-order valence-corrected chi connectivity index (χ1v) is 6.77. The van der Waals surface area contributed by atoms with Crippen molar-refractivity contribution in [2.75, 3.05) is 32.6 Å². The summed E-state index contributed by atoms with van der Waals surface area (Å²) in [6, 6.07) is 11.9. The number of nitrogens with one attached hydrogen (secondary N) is 2. The molecular formula is C15H20N4O2. The van der Waals surface area contributed by atoms with Gasteiger partial charge in [0, 0.05) is 19.6 Å². The summed E-state index contributed by atoms with van der Waals surface area (Å²) in [5.74, 6) is 1.44. The van der Waals surface area contributed by atoms with E-state index in [0.29, 0.717) is 24.3 Å². The van der Waals surface area contributed by atoms with Gasteiger partial charge in [-0.05, 0) is 5.56 Å². The molecule has 1 heterocycles. The Hall–Kier alpha value is -2.34. The van der Waals surface area contributed by atoms with E-state index in [4.69, 9.17) is 9.47 Å². The molecular weight excluding hydrogens is 268 g/mol. The zero-order valence-corrected chi connectivity index (χ0v) is 12.3. The summed E-state index contributed by atoms with van der Waals surface area (Å²) in [5.41, 5.74) is 1.26. The van der Waals surface area contributed by atoms with E-state index in [0.717, 1.165) is 13.1 Å². The summed E-state index contributed by atoms with van der Waals surface area (Å²) >= 11 is 0. The van der Waals surface area contributed by atoms with Crippen molar-refractivity contribution in [2.24, 2.45) is 0 Å². The Balaban J connectivity index is 1.75. The molecule has 2 N–H and O–H groups in total. The molecule has 6 heteroatoms. The average molecular weight is 288 g/mol. The molecule has 0 spiro atoms. The monoisotopic (exact) mass is 288 g/mol. The van der Waals surface area contributed by atoms with Crippen molar-refractivity contribution in [3.8, 4) is 11.8 Å². The highest BCUT2D eigenvalue weighted by atomic mass is 16.5. The van der Waals surface area contributed by atoms with Gasteiger partial charge in [0.05, 0.1) is 20.3 Å². The third-order valence-electron chi connectivity index (χ3n) is 2.85. The van der Waals surface area contributed by atoms with E-state index >= 15 is 0 Å². The van der Waals surface area contributed by atoms with Gasteiger partial charge in [0.15, 0.2) is 0 Å². The molecule has 1 aromatic carbocycles. The topological polar surface area (TPSA) is 68.3 Å². The maximum Gasteiger partial charge on any atom is 0.229 e. The molecule has 112 valence electrons. The van der Waals surface area contributed by atoms with E-state index in [-0.39, 0.29) is 0 Å². The van der Waals surface area contributed by atoms with Crippen LogP contribution in [0.5, 0.6) is 11.8 Å². The molecule has 0 radical (unpaired) electrons. The highest BCUT2D eigenvalue weighted by Crippen LogP contribution is 2.16. The SMILES string of the molecule is COc1cc(OC)nc(NCCNCc2ccccc2)n1. The van der Waals surface area contributed by atoms with Gasteiger partial charge in [0.1, 0.15) is 0 Å². The Morgan fingerprint density at radius 3 is 2.24 bits per heavy atom. The minimum absolute atomic E-state index is 0.474. The second kappa shape index (κ2) is 8.06. The Bertz CT molecular complexity index is 526. The molecule has 0 aliphatic carbocycles. The fraction of sp³-hybridized carbons (Fsp3) is 0.333. The van der Waals surface area contributed by atoms with Crippen LogP contribution in [0.3, 0.4) is 0 Å². The van der Waals surface area contributed by atoms with Crippen molar-refractivity contribution < 1.29 is 9.47 Å². The van der Waals surface area contributed by atoms with E-state index in [1.807, 2.05) is 18.2 Å². The molecule has 2 rings (SSSR count). The van der Waals surface area contributed by atoms with Gasteiger partial charge in [-0.15, -0.1) is 0 Å². The fourth-order valence-corrected chi connectivity index (χ4v) is 1.78. The zero-order chi connectivity index (χ0) is 14.9. The lowest BCUT2D eigenvalue weighted by atomic mass is 10.2.